The molecule has 1 heterocycles. The Bertz CT molecular complexity index is 1080. The van der Waals surface area contributed by atoms with Gasteiger partial charge in [0, 0.05) is 29.1 Å². The zero-order chi connectivity index (χ0) is 22.8. The number of aromatic nitrogens is 1. The number of carbonyl (C=O) groups excluding carboxylic acids is 1. The van der Waals surface area contributed by atoms with Crippen LogP contribution in [0.15, 0.2) is 47.7 Å². The maximum atomic E-state index is 12.4. The lowest BCUT2D eigenvalue weighted by Gasteiger charge is -2.28. The van der Waals surface area contributed by atoms with E-state index in [1.54, 1.807) is 6.21 Å². The normalized spacial score (nSPS) is 12.6. The minimum absolute atomic E-state index is 0.140. The van der Waals surface area contributed by atoms with Crippen molar-refractivity contribution < 1.29 is 9.90 Å². The van der Waals surface area contributed by atoms with Crippen LogP contribution in [0, 0.1) is 0 Å². The number of nitrogens with zero attached hydrogens (tertiary/aromatic N) is 1. The molecule has 5 nitrogen and oxygen atoms in total. The third-order valence-corrected chi connectivity index (χ3v) is 5.44. The molecule has 164 valence electrons. The summed E-state index contributed by atoms with van der Waals surface area (Å²) in [5.74, 6) is 0.218. The Kier molecular flexibility index (Phi) is 6.25. The zero-order valence-electron chi connectivity index (χ0n) is 19.3. The van der Waals surface area contributed by atoms with Gasteiger partial charge in [-0.3, -0.25) is 4.79 Å². The summed E-state index contributed by atoms with van der Waals surface area (Å²) in [6.07, 6.45) is 4.44. The molecule has 1 amide bonds. The number of para-hydroxylation sites is 1. The minimum atomic E-state index is -0.189. The Labute approximate surface area is 184 Å². The third-order valence-electron chi connectivity index (χ3n) is 5.44. The maximum Gasteiger partial charge on any atom is 0.240 e. The maximum absolute atomic E-state index is 12.4. The number of phenolic OH excluding ortho intramolecular Hbond substituents is 1. The molecule has 3 N–H and O–H groups in total. The summed E-state index contributed by atoms with van der Waals surface area (Å²) in [6.45, 7) is 12.5. The molecule has 0 aliphatic rings. The van der Waals surface area contributed by atoms with Gasteiger partial charge in [-0.05, 0) is 40.0 Å². The van der Waals surface area contributed by atoms with Crippen molar-refractivity contribution >= 4 is 23.0 Å². The van der Waals surface area contributed by atoms with E-state index in [1.807, 2.05) is 42.6 Å². The fourth-order valence-corrected chi connectivity index (χ4v) is 3.67. The molecular formula is C26H33N3O2. The van der Waals surface area contributed by atoms with Crippen molar-refractivity contribution in [2.75, 3.05) is 0 Å². The highest BCUT2D eigenvalue weighted by Crippen LogP contribution is 2.39. The van der Waals surface area contributed by atoms with E-state index in [9.17, 15) is 9.90 Å². The standard InChI is InChI=1S/C26H33N3O2/c1-25(2,3)20-13-17(14-21(24(20)31)26(4,5)6)11-12-23(30)29-28-16-18-15-27-22-10-8-7-9-19(18)22/h7-10,13-16,27,31H,11-12H2,1-6H3,(H,29,30). The van der Waals surface area contributed by atoms with Gasteiger partial charge in [0.1, 0.15) is 5.75 Å². The number of phenols is 1. The molecule has 3 rings (SSSR count). The molecule has 2 aromatic carbocycles. The average molecular weight is 420 g/mol. The number of amides is 1. The number of hydrazone groups is 1. The molecular weight excluding hydrogens is 386 g/mol. The van der Waals surface area contributed by atoms with Crippen LogP contribution in [0.5, 0.6) is 5.75 Å². The predicted molar refractivity (Wildman–Crippen MR) is 128 cm³/mol. The van der Waals surface area contributed by atoms with Crippen LogP contribution < -0.4 is 5.43 Å². The summed E-state index contributed by atoms with van der Waals surface area (Å²) < 4.78 is 0. The first-order valence-electron chi connectivity index (χ1n) is 10.7. The highest BCUT2D eigenvalue weighted by atomic mass is 16.3. The number of rotatable bonds is 5. The van der Waals surface area contributed by atoms with Crippen LogP contribution >= 0.6 is 0 Å². The first-order chi connectivity index (χ1) is 14.5. The Hall–Kier alpha value is -3.08. The molecule has 0 unspecified atom stereocenters. The Morgan fingerprint density at radius 3 is 2.29 bits per heavy atom. The summed E-state index contributed by atoms with van der Waals surface area (Å²) >= 11 is 0. The molecule has 31 heavy (non-hydrogen) atoms. The van der Waals surface area contributed by atoms with Crippen LogP contribution in [-0.2, 0) is 22.0 Å². The molecule has 0 atom stereocenters. The van der Waals surface area contributed by atoms with Gasteiger partial charge in [-0.1, -0.05) is 71.9 Å². The number of carbonyl (C=O) groups is 1. The van der Waals surface area contributed by atoms with Gasteiger partial charge >= 0.3 is 0 Å². The molecule has 0 aliphatic heterocycles. The van der Waals surface area contributed by atoms with Crippen molar-refractivity contribution in [1.82, 2.24) is 10.4 Å². The van der Waals surface area contributed by atoms with Crippen LogP contribution in [0.2, 0.25) is 0 Å². The van der Waals surface area contributed by atoms with Crippen molar-refractivity contribution in [3.05, 3.63) is 64.8 Å². The van der Waals surface area contributed by atoms with Gasteiger partial charge in [-0.25, -0.2) is 5.43 Å². The Morgan fingerprint density at radius 2 is 1.68 bits per heavy atom. The van der Waals surface area contributed by atoms with Gasteiger partial charge in [0.15, 0.2) is 0 Å². The van der Waals surface area contributed by atoms with Gasteiger partial charge in [0.25, 0.3) is 0 Å². The van der Waals surface area contributed by atoms with Crippen molar-refractivity contribution in [2.45, 2.75) is 65.2 Å². The fourth-order valence-electron chi connectivity index (χ4n) is 3.67. The minimum Gasteiger partial charge on any atom is -0.507 e. The second-order valence-electron chi connectivity index (χ2n) is 10.1. The smallest absolute Gasteiger partial charge is 0.240 e. The number of aromatic hydroxyl groups is 1. The molecule has 0 bridgehead atoms. The summed E-state index contributed by atoms with van der Waals surface area (Å²) in [5, 5.41) is 16.0. The Balaban J connectivity index is 1.69. The van der Waals surface area contributed by atoms with E-state index in [4.69, 9.17) is 0 Å². The van der Waals surface area contributed by atoms with E-state index < -0.39 is 0 Å². The molecule has 0 saturated heterocycles. The SMILES string of the molecule is CC(C)(C)c1cc(CCC(=O)NN=Cc2c[nH]c3ccccc23)cc(C(C)(C)C)c1O. The molecule has 0 radical (unpaired) electrons. The van der Waals surface area contributed by atoms with Crippen molar-refractivity contribution in [2.24, 2.45) is 5.10 Å². The van der Waals surface area contributed by atoms with Gasteiger partial charge < -0.3 is 10.1 Å². The highest BCUT2D eigenvalue weighted by molar-refractivity contribution is 5.99. The van der Waals surface area contributed by atoms with E-state index in [0.717, 1.165) is 33.2 Å². The molecule has 3 aromatic rings. The Morgan fingerprint density at radius 1 is 1.06 bits per heavy atom. The fraction of sp³-hybridized carbons (Fsp3) is 0.385. The second kappa shape index (κ2) is 8.58. The zero-order valence-corrected chi connectivity index (χ0v) is 19.3. The number of aryl methyl sites for hydroxylation is 1. The molecule has 0 fully saturated rings. The van der Waals surface area contributed by atoms with Crippen LogP contribution in [-0.4, -0.2) is 22.2 Å². The summed E-state index contributed by atoms with van der Waals surface area (Å²) in [4.78, 5) is 15.5. The average Bonchev–Trinajstić information content (AvgIpc) is 3.08. The highest BCUT2D eigenvalue weighted by Gasteiger charge is 2.26. The number of hydrogen-bond acceptors (Lipinski definition) is 3. The number of fused-ring (bicyclic) bond motifs is 1. The first kappa shape index (κ1) is 22.6. The molecule has 1 aromatic heterocycles. The largest absolute Gasteiger partial charge is 0.507 e. The van der Waals surface area contributed by atoms with E-state index in [1.165, 1.54) is 0 Å². The number of H-pyrrole nitrogens is 1. The quantitative estimate of drug-likeness (QED) is 0.374. The van der Waals surface area contributed by atoms with Gasteiger partial charge in [-0.2, -0.15) is 5.10 Å². The summed E-state index contributed by atoms with van der Waals surface area (Å²) in [6, 6.07) is 12.0. The van der Waals surface area contributed by atoms with E-state index in [0.29, 0.717) is 18.6 Å². The lowest BCUT2D eigenvalue weighted by atomic mass is 9.78. The predicted octanol–water partition coefficient (Wildman–Crippen LogP) is 5.55. The topological polar surface area (TPSA) is 77.5 Å². The van der Waals surface area contributed by atoms with Gasteiger partial charge in [-0.15, -0.1) is 0 Å². The van der Waals surface area contributed by atoms with Gasteiger partial charge in [0.2, 0.25) is 5.91 Å². The molecule has 0 aliphatic carbocycles. The van der Waals surface area contributed by atoms with Crippen LogP contribution in [0.4, 0.5) is 0 Å². The number of hydrogen-bond donors (Lipinski definition) is 3. The van der Waals surface area contributed by atoms with Crippen LogP contribution in [0.25, 0.3) is 10.9 Å². The molecule has 5 heteroatoms. The number of nitrogens with one attached hydrogen (secondary N) is 2. The van der Waals surface area contributed by atoms with Crippen molar-refractivity contribution in [1.29, 1.82) is 0 Å². The monoisotopic (exact) mass is 419 g/mol. The lowest BCUT2D eigenvalue weighted by Crippen LogP contribution is -2.20. The number of aromatic amines is 1. The van der Waals surface area contributed by atoms with E-state index in [-0.39, 0.29) is 16.7 Å². The summed E-state index contributed by atoms with van der Waals surface area (Å²) in [5.41, 5.74) is 7.08. The first-order valence-corrected chi connectivity index (χ1v) is 10.7. The second-order valence-corrected chi connectivity index (χ2v) is 10.1. The molecule has 0 saturated carbocycles. The van der Waals surface area contributed by atoms with Gasteiger partial charge in [0.05, 0.1) is 6.21 Å². The summed E-state index contributed by atoms with van der Waals surface area (Å²) in [7, 11) is 0. The number of benzene rings is 2. The van der Waals surface area contributed by atoms with Crippen LogP contribution in [0.3, 0.4) is 0 Å². The van der Waals surface area contributed by atoms with Crippen molar-refractivity contribution in [3.63, 3.8) is 0 Å². The lowest BCUT2D eigenvalue weighted by molar-refractivity contribution is -0.121. The van der Waals surface area contributed by atoms with E-state index >= 15 is 0 Å². The third kappa shape index (κ3) is 5.35. The van der Waals surface area contributed by atoms with E-state index in [2.05, 4.69) is 57.1 Å². The molecule has 0 spiro atoms. The van der Waals surface area contributed by atoms with Crippen LogP contribution in [0.1, 0.15) is 70.2 Å². The van der Waals surface area contributed by atoms with Crippen molar-refractivity contribution in [3.8, 4) is 5.75 Å².